The monoisotopic (exact) mass is 248 g/mol. The first-order valence-corrected chi connectivity index (χ1v) is 4.91. The first-order valence-electron chi connectivity index (χ1n) is 3.87. The van der Waals surface area contributed by atoms with E-state index >= 15 is 0 Å². The van der Waals surface area contributed by atoms with E-state index in [4.69, 9.17) is 13.3 Å². The molecular weight excluding hydrogens is 231 g/mol. The van der Waals surface area contributed by atoms with Crippen LogP contribution < -0.4 is 29.6 Å². The van der Waals surface area contributed by atoms with Crippen molar-refractivity contribution in [1.82, 2.24) is 0 Å². The van der Waals surface area contributed by atoms with Gasteiger partial charge in [-0.15, -0.1) is 0 Å². The predicted octanol–water partition coefficient (Wildman–Crippen LogP) is -2.57. The molecule has 15 heavy (non-hydrogen) atoms. The van der Waals surface area contributed by atoms with Crippen molar-refractivity contribution in [2.24, 2.45) is 0 Å². The maximum Gasteiger partial charge on any atom is 1.00 e. The van der Waals surface area contributed by atoms with Crippen LogP contribution in [-0.4, -0.2) is 34.7 Å². The van der Waals surface area contributed by atoms with Gasteiger partial charge in [0.25, 0.3) is 0 Å². The second-order valence-electron chi connectivity index (χ2n) is 3.86. The Morgan fingerprint density at radius 3 is 1.27 bits per heavy atom. The molecule has 0 aliphatic rings. The Morgan fingerprint density at radius 2 is 1.20 bits per heavy atom. The Hall–Kier alpha value is 0.730. The quantitative estimate of drug-likeness (QED) is 0.283. The molecule has 0 heterocycles. The van der Waals surface area contributed by atoms with E-state index in [0.717, 1.165) is 0 Å². The van der Waals surface area contributed by atoms with Gasteiger partial charge in [0.05, 0.1) is 22.6 Å². The van der Waals surface area contributed by atoms with E-state index in [2.05, 4.69) is 0 Å². The molecule has 0 aromatic carbocycles. The van der Waals surface area contributed by atoms with Crippen LogP contribution in [0.1, 0.15) is 27.7 Å². The molecule has 0 spiro atoms. The van der Waals surface area contributed by atoms with Gasteiger partial charge in [0.1, 0.15) is 0 Å². The number of hydrogen-bond donors (Lipinski definition) is 3. The first-order chi connectivity index (χ1) is 5.94. The van der Waals surface area contributed by atoms with E-state index in [0.29, 0.717) is 0 Å². The Labute approximate surface area is 115 Å². The fraction of sp³-hybridized carbons (Fsp3) is 0.750. The maximum absolute atomic E-state index is 9.18. The van der Waals surface area contributed by atoms with Gasteiger partial charge in [0, 0.05) is 0 Å². The Balaban J connectivity index is -0.000000249. The SMILES string of the molecule is CC(C)(O)C=CC(C)(C)O.O=S([O-])O.[Na+]. The average Bonchev–Trinajstić information content (AvgIpc) is 1.79. The second-order valence-corrected chi connectivity index (χ2v) is 4.29. The molecule has 0 saturated carbocycles. The molecule has 3 N–H and O–H groups in total. The van der Waals surface area contributed by atoms with E-state index < -0.39 is 22.6 Å². The standard InChI is InChI=1S/C8H16O2.Na.H2O3S/c1-7(2,9)5-6-8(3,4)10;;1-4(2)3/h5-6,9-10H,1-4H3;;(H2,1,2,3)/q;+1;/p-1. The summed E-state index contributed by atoms with van der Waals surface area (Å²) in [7, 11) is 0. The van der Waals surface area contributed by atoms with E-state index in [1.807, 2.05) is 0 Å². The fourth-order valence-electron chi connectivity index (χ4n) is 0.408. The second kappa shape index (κ2) is 8.83. The minimum absolute atomic E-state index is 0. The van der Waals surface area contributed by atoms with Crippen LogP contribution >= 0.6 is 0 Å². The number of hydrogen-bond acceptors (Lipinski definition) is 4. The largest absolute Gasteiger partial charge is 1.00 e. The maximum atomic E-state index is 9.18. The van der Waals surface area contributed by atoms with Crippen LogP contribution in [0.5, 0.6) is 0 Å². The topological polar surface area (TPSA) is 101 Å². The van der Waals surface area contributed by atoms with Gasteiger partial charge in [-0.05, 0) is 27.7 Å². The van der Waals surface area contributed by atoms with E-state index in [1.54, 1.807) is 39.8 Å². The van der Waals surface area contributed by atoms with Crippen LogP contribution in [0.3, 0.4) is 0 Å². The van der Waals surface area contributed by atoms with Crippen molar-refractivity contribution in [2.75, 3.05) is 0 Å². The van der Waals surface area contributed by atoms with Crippen molar-refractivity contribution in [3.05, 3.63) is 12.2 Å². The number of rotatable bonds is 2. The van der Waals surface area contributed by atoms with E-state index in [9.17, 15) is 10.2 Å². The summed E-state index contributed by atoms with van der Waals surface area (Å²) in [5.41, 5.74) is -1.67. The summed E-state index contributed by atoms with van der Waals surface area (Å²) in [5, 5.41) is 18.4. The van der Waals surface area contributed by atoms with Crippen LogP contribution in [-0.2, 0) is 11.4 Å². The smallest absolute Gasteiger partial charge is 0.750 e. The minimum Gasteiger partial charge on any atom is -0.750 e. The summed E-state index contributed by atoms with van der Waals surface area (Å²) < 4.78 is 24.1. The van der Waals surface area contributed by atoms with Crippen LogP contribution in [0.4, 0.5) is 0 Å². The molecule has 0 bridgehead atoms. The van der Waals surface area contributed by atoms with Crippen molar-refractivity contribution >= 4 is 11.4 Å². The third kappa shape index (κ3) is 39.9. The molecule has 0 saturated heterocycles. The molecule has 7 heteroatoms. The zero-order chi connectivity index (χ0) is 12.0. The normalized spacial score (nSPS) is 13.9. The summed E-state index contributed by atoms with van der Waals surface area (Å²) in [6, 6.07) is 0. The molecule has 0 fully saturated rings. The molecule has 0 aromatic rings. The average molecular weight is 248 g/mol. The van der Waals surface area contributed by atoms with Gasteiger partial charge < -0.3 is 19.3 Å². The number of aliphatic hydroxyl groups is 2. The van der Waals surface area contributed by atoms with Gasteiger partial charge in [-0.25, -0.2) is 4.21 Å². The van der Waals surface area contributed by atoms with Crippen molar-refractivity contribution in [3.63, 3.8) is 0 Å². The molecule has 0 aliphatic heterocycles. The summed E-state index contributed by atoms with van der Waals surface area (Å²) in [6.45, 7) is 6.65. The van der Waals surface area contributed by atoms with Crippen LogP contribution in [0.15, 0.2) is 12.2 Å². The zero-order valence-electron chi connectivity index (χ0n) is 9.72. The van der Waals surface area contributed by atoms with Crippen molar-refractivity contribution in [1.29, 1.82) is 0 Å². The predicted molar refractivity (Wildman–Crippen MR) is 53.3 cm³/mol. The van der Waals surface area contributed by atoms with Crippen molar-refractivity contribution in [3.8, 4) is 0 Å². The molecular formula is C8H17NaO5S. The van der Waals surface area contributed by atoms with Gasteiger partial charge in [-0.2, -0.15) is 0 Å². The molecule has 0 rings (SSSR count). The molecule has 0 aromatic heterocycles. The summed E-state index contributed by atoms with van der Waals surface area (Å²) in [6.07, 6.45) is 3.15. The van der Waals surface area contributed by atoms with Crippen molar-refractivity contribution in [2.45, 2.75) is 38.9 Å². The summed E-state index contributed by atoms with van der Waals surface area (Å²) in [5.74, 6) is 0. The van der Waals surface area contributed by atoms with Gasteiger partial charge in [-0.1, -0.05) is 12.2 Å². The molecule has 5 nitrogen and oxygen atoms in total. The summed E-state index contributed by atoms with van der Waals surface area (Å²) >= 11 is -2.86. The van der Waals surface area contributed by atoms with Gasteiger partial charge >= 0.3 is 29.6 Å². The molecule has 1 atom stereocenters. The third-order valence-electron chi connectivity index (χ3n) is 0.899. The van der Waals surface area contributed by atoms with Crippen molar-refractivity contribution < 1.29 is 53.1 Å². The molecule has 1 unspecified atom stereocenters. The van der Waals surface area contributed by atoms with Gasteiger partial charge in [0.2, 0.25) is 0 Å². The molecule has 86 valence electrons. The van der Waals surface area contributed by atoms with Gasteiger partial charge in [-0.3, -0.25) is 0 Å². The Kier molecular flexibility index (Phi) is 12.4. The van der Waals surface area contributed by atoms with Crippen LogP contribution in [0, 0.1) is 0 Å². The first kappa shape index (κ1) is 21.1. The molecule has 0 radical (unpaired) electrons. The van der Waals surface area contributed by atoms with Crippen LogP contribution in [0.25, 0.3) is 0 Å². The summed E-state index contributed by atoms with van der Waals surface area (Å²) in [4.78, 5) is 0. The van der Waals surface area contributed by atoms with E-state index in [-0.39, 0.29) is 29.6 Å². The molecule has 0 aliphatic carbocycles. The van der Waals surface area contributed by atoms with Crippen LogP contribution in [0.2, 0.25) is 0 Å². The Bertz CT molecular complexity index is 184. The Morgan fingerprint density at radius 1 is 1.07 bits per heavy atom. The molecule has 0 amide bonds. The third-order valence-corrected chi connectivity index (χ3v) is 0.899. The van der Waals surface area contributed by atoms with Gasteiger partial charge in [0.15, 0.2) is 0 Å². The van der Waals surface area contributed by atoms with E-state index in [1.165, 1.54) is 0 Å². The zero-order valence-corrected chi connectivity index (χ0v) is 12.5. The fourth-order valence-corrected chi connectivity index (χ4v) is 0.408. The minimum atomic E-state index is -2.86.